The van der Waals surface area contributed by atoms with E-state index in [1.807, 2.05) is 43.4 Å². The minimum Gasteiger partial charge on any atom is -0.454 e. The SMILES string of the molecule is CN(C)c1ncncc1N1CCC(C(=O)NCc2ccc3c(c2)OCO3)CC1. The number of rotatable bonds is 5. The number of carbonyl (C=O) groups is 1. The van der Waals surface area contributed by atoms with Crippen LogP contribution in [-0.4, -0.2) is 49.9 Å². The predicted octanol–water partition coefficient (Wildman–Crippen LogP) is 1.80. The van der Waals surface area contributed by atoms with E-state index in [9.17, 15) is 4.79 Å². The quantitative estimate of drug-likeness (QED) is 0.843. The van der Waals surface area contributed by atoms with Crippen molar-refractivity contribution in [2.24, 2.45) is 5.92 Å². The van der Waals surface area contributed by atoms with Gasteiger partial charge in [-0.2, -0.15) is 0 Å². The average molecular weight is 383 g/mol. The fourth-order valence-corrected chi connectivity index (χ4v) is 3.65. The van der Waals surface area contributed by atoms with Gasteiger partial charge in [-0.05, 0) is 30.5 Å². The van der Waals surface area contributed by atoms with Gasteiger partial charge < -0.3 is 24.6 Å². The third-order valence-electron chi connectivity index (χ3n) is 5.21. The molecule has 1 N–H and O–H groups in total. The van der Waals surface area contributed by atoms with Crippen molar-refractivity contribution in [2.45, 2.75) is 19.4 Å². The van der Waals surface area contributed by atoms with E-state index >= 15 is 0 Å². The standard InChI is InChI=1S/C20H25N5O3/c1-24(2)19-16(11-21-12-23-19)25-7-5-15(6-8-25)20(26)22-10-14-3-4-17-18(9-14)28-13-27-17/h3-4,9,11-12,15H,5-8,10,13H2,1-2H3,(H,22,26). The van der Waals surface area contributed by atoms with Gasteiger partial charge in [-0.25, -0.2) is 9.97 Å². The summed E-state index contributed by atoms with van der Waals surface area (Å²) in [5, 5.41) is 3.06. The maximum atomic E-state index is 12.6. The number of nitrogens with zero attached hydrogens (tertiary/aromatic N) is 4. The molecule has 4 rings (SSSR count). The van der Waals surface area contributed by atoms with Crippen LogP contribution in [0.5, 0.6) is 11.5 Å². The number of hydrogen-bond donors (Lipinski definition) is 1. The van der Waals surface area contributed by atoms with E-state index in [0.29, 0.717) is 6.54 Å². The van der Waals surface area contributed by atoms with E-state index in [2.05, 4.69) is 20.2 Å². The van der Waals surface area contributed by atoms with Crippen LogP contribution in [0.4, 0.5) is 11.5 Å². The lowest BCUT2D eigenvalue weighted by molar-refractivity contribution is -0.125. The first-order chi connectivity index (χ1) is 13.6. The summed E-state index contributed by atoms with van der Waals surface area (Å²) in [6.45, 7) is 2.38. The third kappa shape index (κ3) is 3.81. The first-order valence-corrected chi connectivity index (χ1v) is 9.50. The number of aromatic nitrogens is 2. The maximum absolute atomic E-state index is 12.6. The monoisotopic (exact) mass is 383 g/mol. The van der Waals surface area contributed by atoms with Crippen LogP contribution in [0, 0.1) is 5.92 Å². The number of anilines is 2. The van der Waals surface area contributed by atoms with E-state index in [1.54, 1.807) is 6.33 Å². The number of carbonyl (C=O) groups excluding carboxylic acids is 1. The van der Waals surface area contributed by atoms with Crippen LogP contribution in [0.1, 0.15) is 18.4 Å². The van der Waals surface area contributed by atoms with Crippen molar-refractivity contribution in [3.8, 4) is 11.5 Å². The zero-order valence-electron chi connectivity index (χ0n) is 16.2. The number of hydrogen-bond acceptors (Lipinski definition) is 7. The van der Waals surface area contributed by atoms with Crippen molar-refractivity contribution in [3.05, 3.63) is 36.3 Å². The number of benzene rings is 1. The Morgan fingerprint density at radius 1 is 1.25 bits per heavy atom. The molecule has 148 valence electrons. The topological polar surface area (TPSA) is 79.8 Å². The van der Waals surface area contributed by atoms with Crippen LogP contribution in [0.2, 0.25) is 0 Å². The summed E-state index contributed by atoms with van der Waals surface area (Å²) in [5.41, 5.74) is 2.03. The first kappa shape index (κ1) is 18.3. The minimum absolute atomic E-state index is 0.0256. The summed E-state index contributed by atoms with van der Waals surface area (Å²) in [5.74, 6) is 2.53. The molecule has 2 aliphatic heterocycles. The van der Waals surface area contributed by atoms with Gasteiger partial charge in [-0.15, -0.1) is 0 Å². The van der Waals surface area contributed by atoms with Gasteiger partial charge in [0.25, 0.3) is 0 Å². The van der Waals surface area contributed by atoms with Crippen LogP contribution >= 0.6 is 0 Å². The van der Waals surface area contributed by atoms with Gasteiger partial charge in [-0.1, -0.05) is 6.07 Å². The molecule has 1 amide bonds. The fraction of sp³-hybridized carbons (Fsp3) is 0.450. The maximum Gasteiger partial charge on any atom is 0.231 e. The Hall–Kier alpha value is -3.03. The molecule has 0 radical (unpaired) electrons. The van der Waals surface area contributed by atoms with Gasteiger partial charge in [0, 0.05) is 39.6 Å². The van der Waals surface area contributed by atoms with Gasteiger partial charge in [0.15, 0.2) is 17.3 Å². The summed E-state index contributed by atoms with van der Waals surface area (Å²) in [6.07, 6.45) is 5.04. The zero-order chi connectivity index (χ0) is 19.5. The Morgan fingerprint density at radius 2 is 2.04 bits per heavy atom. The van der Waals surface area contributed by atoms with E-state index < -0.39 is 0 Å². The Bertz CT molecular complexity index is 849. The number of fused-ring (bicyclic) bond motifs is 1. The molecule has 1 fully saturated rings. The molecule has 0 unspecified atom stereocenters. The Labute approximate surface area is 164 Å². The minimum atomic E-state index is 0.0256. The third-order valence-corrected chi connectivity index (χ3v) is 5.21. The van der Waals surface area contributed by atoms with Crippen molar-refractivity contribution >= 4 is 17.4 Å². The molecule has 0 aliphatic carbocycles. The van der Waals surface area contributed by atoms with Crippen LogP contribution in [0.3, 0.4) is 0 Å². The number of nitrogens with one attached hydrogen (secondary N) is 1. The number of piperidine rings is 1. The molecule has 0 bridgehead atoms. The predicted molar refractivity (Wildman–Crippen MR) is 106 cm³/mol. The highest BCUT2D eigenvalue weighted by Gasteiger charge is 2.26. The van der Waals surface area contributed by atoms with Crippen molar-refractivity contribution in [2.75, 3.05) is 43.8 Å². The number of ether oxygens (including phenoxy) is 2. The molecule has 1 aromatic carbocycles. The summed E-state index contributed by atoms with van der Waals surface area (Å²) >= 11 is 0. The molecule has 8 heteroatoms. The Balaban J connectivity index is 1.31. The van der Waals surface area contributed by atoms with E-state index in [4.69, 9.17) is 9.47 Å². The highest BCUT2D eigenvalue weighted by molar-refractivity contribution is 5.79. The molecule has 2 aromatic rings. The molecule has 1 aromatic heterocycles. The number of amides is 1. The lowest BCUT2D eigenvalue weighted by atomic mass is 9.95. The molecule has 2 aliphatic rings. The molecule has 28 heavy (non-hydrogen) atoms. The second-order valence-electron chi connectivity index (χ2n) is 7.29. The highest BCUT2D eigenvalue weighted by Crippen LogP contribution is 2.32. The van der Waals surface area contributed by atoms with E-state index in [0.717, 1.165) is 54.5 Å². The summed E-state index contributed by atoms with van der Waals surface area (Å²) in [4.78, 5) is 25.4. The lowest BCUT2D eigenvalue weighted by Gasteiger charge is -2.34. The van der Waals surface area contributed by atoms with Gasteiger partial charge in [0.2, 0.25) is 12.7 Å². The highest BCUT2D eigenvalue weighted by atomic mass is 16.7. The van der Waals surface area contributed by atoms with Gasteiger partial charge in [0.05, 0.1) is 11.9 Å². The smallest absolute Gasteiger partial charge is 0.231 e. The molecular formula is C20H25N5O3. The fourth-order valence-electron chi connectivity index (χ4n) is 3.65. The van der Waals surface area contributed by atoms with Crippen LogP contribution in [0.15, 0.2) is 30.7 Å². The molecule has 3 heterocycles. The normalized spacial score (nSPS) is 16.1. The second kappa shape index (κ2) is 7.92. The van der Waals surface area contributed by atoms with E-state index in [1.165, 1.54) is 0 Å². The summed E-state index contributed by atoms with van der Waals surface area (Å²) in [6, 6.07) is 5.75. The average Bonchev–Trinajstić information content (AvgIpc) is 3.20. The largest absolute Gasteiger partial charge is 0.454 e. The van der Waals surface area contributed by atoms with Gasteiger partial charge in [-0.3, -0.25) is 4.79 Å². The molecule has 1 saturated heterocycles. The second-order valence-corrected chi connectivity index (χ2v) is 7.29. The van der Waals surface area contributed by atoms with E-state index in [-0.39, 0.29) is 18.6 Å². The van der Waals surface area contributed by atoms with Gasteiger partial charge in [0.1, 0.15) is 6.33 Å². The van der Waals surface area contributed by atoms with Crippen molar-refractivity contribution in [1.82, 2.24) is 15.3 Å². The molecule has 8 nitrogen and oxygen atoms in total. The van der Waals surface area contributed by atoms with Gasteiger partial charge >= 0.3 is 0 Å². The van der Waals surface area contributed by atoms with Crippen molar-refractivity contribution < 1.29 is 14.3 Å². The van der Waals surface area contributed by atoms with Crippen molar-refractivity contribution in [3.63, 3.8) is 0 Å². The molecule has 0 spiro atoms. The Morgan fingerprint density at radius 3 is 2.82 bits per heavy atom. The first-order valence-electron chi connectivity index (χ1n) is 9.50. The zero-order valence-corrected chi connectivity index (χ0v) is 16.2. The van der Waals surface area contributed by atoms with Crippen LogP contribution in [-0.2, 0) is 11.3 Å². The summed E-state index contributed by atoms with van der Waals surface area (Å²) in [7, 11) is 3.95. The van der Waals surface area contributed by atoms with Crippen LogP contribution < -0.4 is 24.6 Å². The molecule has 0 atom stereocenters. The Kier molecular flexibility index (Phi) is 5.18. The van der Waals surface area contributed by atoms with Crippen molar-refractivity contribution in [1.29, 1.82) is 0 Å². The summed E-state index contributed by atoms with van der Waals surface area (Å²) < 4.78 is 10.7. The molecule has 0 saturated carbocycles. The molecular weight excluding hydrogens is 358 g/mol. The van der Waals surface area contributed by atoms with Crippen LogP contribution in [0.25, 0.3) is 0 Å². The lowest BCUT2D eigenvalue weighted by Crippen LogP contribution is -2.41.